The van der Waals surface area contributed by atoms with E-state index in [-0.39, 0.29) is 11.1 Å². The molecule has 2 rings (SSSR count). The van der Waals surface area contributed by atoms with Gasteiger partial charge in [-0.2, -0.15) is 0 Å². The van der Waals surface area contributed by atoms with Gasteiger partial charge in [0.15, 0.2) is 0 Å². The van der Waals surface area contributed by atoms with Gasteiger partial charge in [-0.05, 0) is 19.9 Å². The van der Waals surface area contributed by atoms with E-state index in [2.05, 4.69) is 4.98 Å². The molecule has 0 spiro atoms. The predicted octanol–water partition coefficient (Wildman–Crippen LogP) is 2.84. The van der Waals surface area contributed by atoms with Crippen LogP contribution >= 0.6 is 11.6 Å². The van der Waals surface area contributed by atoms with Crippen LogP contribution in [0.1, 0.15) is 13.8 Å². The minimum absolute atomic E-state index is 0.0634. The van der Waals surface area contributed by atoms with Crippen molar-refractivity contribution in [1.82, 2.24) is 9.55 Å². The van der Waals surface area contributed by atoms with Crippen molar-refractivity contribution in [3.8, 4) is 0 Å². The molecule has 18 heavy (non-hydrogen) atoms. The highest BCUT2D eigenvalue weighted by Crippen LogP contribution is 2.24. The van der Waals surface area contributed by atoms with E-state index in [0.29, 0.717) is 30.1 Å². The molecule has 0 fully saturated rings. The highest BCUT2D eigenvalue weighted by atomic mass is 35.5. The fourth-order valence-corrected chi connectivity index (χ4v) is 1.91. The van der Waals surface area contributed by atoms with Crippen molar-refractivity contribution in [2.75, 3.05) is 12.3 Å². The quantitative estimate of drug-likeness (QED) is 0.930. The molecule has 0 atom stereocenters. The molecule has 0 amide bonds. The Balaban J connectivity index is 2.31. The molecule has 1 aromatic carbocycles. The van der Waals surface area contributed by atoms with E-state index in [9.17, 15) is 4.39 Å². The van der Waals surface area contributed by atoms with Crippen LogP contribution in [0.3, 0.4) is 0 Å². The third-order valence-electron chi connectivity index (χ3n) is 2.59. The number of anilines is 1. The van der Waals surface area contributed by atoms with Crippen LogP contribution in [-0.4, -0.2) is 22.3 Å². The van der Waals surface area contributed by atoms with Crippen LogP contribution in [0.5, 0.6) is 0 Å². The van der Waals surface area contributed by atoms with Gasteiger partial charge in [0.05, 0.1) is 28.8 Å². The summed E-state index contributed by atoms with van der Waals surface area (Å²) < 4.78 is 20.5. The highest BCUT2D eigenvalue weighted by Gasteiger charge is 2.11. The summed E-state index contributed by atoms with van der Waals surface area (Å²) in [6, 6.07) is 2.82. The van der Waals surface area contributed by atoms with Gasteiger partial charge in [-0.25, -0.2) is 9.37 Å². The SMILES string of the molecule is CC(C)OCCn1c(N)nc2cc(F)c(Cl)cc21. The van der Waals surface area contributed by atoms with E-state index in [1.54, 1.807) is 4.57 Å². The van der Waals surface area contributed by atoms with Crippen molar-refractivity contribution >= 4 is 28.6 Å². The van der Waals surface area contributed by atoms with Crippen LogP contribution in [0.15, 0.2) is 12.1 Å². The molecule has 2 N–H and O–H groups in total. The molecule has 0 aliphatic carbocycles. The van der Waals surface area contributed by atoms with Crippen molar-refractivity contribution in [1.29, 1.82) is 0 Å². The monoisotopic (exact) mass is 271 g/mol. The van der Waals surface area contributed by atoms with Crippen molar-refractivity contribution < 1.29 is 9.13 Å². The molecule has 1 heterocycles. The molecule has 2 aromatic rings. The fraction of sp³-hybridized carbons (Fsp3) is 0.417. The largest absolute Gasteiger partial charge is 0.377 e. The number of fused-ring (bicyclic) bond motifs is 1. The van der Waals surface area contributed by atoms with E-state index in [4.69, 9.17) is 22.1 Å². The van der Waals surface area contributed by atoms with Gasteiger partial charge in [-0.1, -0.05) is 11.6 Å². The Kier molecular flexibility index (Phi) is 3.73. The molecule has 1 aromatic heterocycles. The second-order valence-electron chi connectivity index (χ2n) is 4.30. The number of nitrogen functional groups attached to an aromatic ring is 1. The minimum atomic E-state index is -0.493. The van der Waals surface area contributed by atoms with Gasteiger partial charge >= 0.3 is 0 Å². The maximum Gasteiger partial charge on any atom is 0.201 e. The van der Waals surface area contributed by atoms with E-state index in [1.807, 2.05) is 13.8 Å². The van der Waals surface area contributed by atoms with Crippen molar-refractivity contribution in [2.45, 2.75) is 26.5 Å². The molecule has 0 radical (unpaired) electrons. The summed E-state index contributed by atoms with van der Waals surface area (Å²) in [4.78, 5) is 4.10. The maximum atomic E-state index is 13.3. The lowest BCUT2D eigenvalue weighted by Gasteiger charge is -2.10. The zero-order valence-electron chi connectivity index (χ0n) is 10.3. The van der Waals surface area contributed by atoms with Gasteiger partial charge in [0.2, 0.25) is 5.95 Å². The van der Waals surface area contributed by atoms with Crippen molar-refractivity contribution in [3.05, 3.63) is 23.0 Å². The van der Waals surface area contributed by atoms with Gasteiger partial charge in [0.1, 0.15) is 5.82 Å². The third-order valence-corrected chi connectivity index (χ3v) is 2.88. The predicted molar refractivity (Wildman–Crippen MR) is 70.2 cm³/mol. The first kappa shape index (κ1) is 13.1. The number of aromatic nitrogens is 2. The van der Waals surface area contributed by atoms with Crippen molar-refractivity contribution in [2.24, 2.45) is 0 Å². The normalized spacial score (nSPS) is 11.6. The Labute approximate surface area is 109 Å². The Hall–Kier alpha value is -1.33. The van der Waals surface area contributed by atoms with Gasteiger partial charge in [-0.3, -0.25) is 0 Å². The Morgan fingerprint density at radius 1 is 1.50 bits per heavy atom. The minimum Gasteiger partial charge on any atom is -0.377 e. The van der Waals surface area contributed by atoms with Gasteiger partial charge in [-0.15, -0.1) is 0 Å². The molecule has 4 nitrogen and oxygen atoms in total. The Morgan fingerprint density at radius 2 is 2.22 bits per heavy atom. The lowest BCUT2D eigenvalue weighted by molar-refractivity contribution is 0.0735. The van der Waals surface area contributed by atoms with Gasteiger partial charge in [0.25, 0.3) is 0 Å². The topological polar surface area (TPSA) is 53.1 Å². The summed E-state index contributed by atoms with van der Waals surface area (Å²) in [5.74, 6) is -0.161. The molecule has 6 heteroatoms. The molecular weight excluding hydrogens is 257 g/mol. The molecule has 0 aliphatic rings. The van der Waals surface area contributed by atoms with E-state index in [1.165, 1.54) is 12.1 Å². The first-order valence-corrected chi connectivity index (χ1v) is 6.09. The van der Waals surface area contributed by atoms with Crippen LogP contribution in [0.2, 0.25) is 5.02 Å². The second-order valence-corrected chi connectivity index (χ2v) is 4.70. The average Bonchev–Trinajstić information content (AvgIpc) is 2.56. The van der Waals surface area contributed by atoms with Crippen LogP contribution in [0, 0.1) is 5.82 Å². The molecule has 0 bridgehead atoms. The number of hydrogen-bond acceptors (Lipinski definition) is 3. The summed E-state index contributed by atoms with van der Waals surface area (Å²) in [6.07, 6.45) is 0.155. The smallest absolute Gasteiger partial charge is 0.201 e. The van der Waals surface area contributed by atoms with E-state index >= 15 is 0 Å². The number of ether oxygens (including phenoxy) is 1. The number of nitrogens with zero attached hydrogens (tertiary/aromatic N) is 2. The molecule has 98 valence electrons. The highest BCUT2D eigenvalue weighted by molar-refractivity contribution is 6.31. The number of nitrogens with two attached hydrogens (primary N) is 1. The number of imidazole rings is 1. The fourth-order valence-electron chi connectivity index (χ4n) is 1.75. The summed E-state index contributed by atoms with van der Waals surface area (Å²) >= 11 is 5.77. The molecular formula is C12H15ClFN3O. The second kappa shape index (κ2) is 5.12. The Bertz CT molecular complexity index is 568. The van der Waals surface area contributed by atoms with Crippen LogP contribution in [-0.2, 0) is 11.3 Å². The van der Waals surface area contributed by atoms with Crippen LogP contribution in [0.4, 0.5) is 10.3 Å². The summed E-state index contributed by atoms with van der Waals surface area (Å²) in [5.41, 5.74) is 7.01. The van der Waals surface area contributed by atoms with Gasteiger partial charge in [0, 0.05) is 12.6 Å². The Morgan fingerprint density at radius 3 is 2.89 bits per heavy atom. The van der Waals surface area contributed by atoms with Gasteiger partial charge < -0.3 is 15.0 Å². The number of halogens is 2. The van der Waals surface area contributed by atoms with E-state index < -0.39 is 5.82 Å². The number of rotatable bonds is 4. The lowest BCUT2D eigenvalue weighted by Crippen LogP contribution is -2.12. The zero-order valence-corrected chi connectivity index (χ0v) is 11.0. The number of benzene rings is 1. The first-order valence-electron chi connectivity index (χ1n) is 5.71. The average molecular weight is 272 g/mol. The molecule has 0 saturated carbocycles. The summed E-state index contributed by atoms with van der Waals surface area (Å²) in [5, 5.41) is 0.0634. The standard InChI is InChI=1S/C12H15ClFN3O/c1-7(2)18-4-3-17-11-5-8(13)9(14)6-10(11)16-12(17)15/h5-7H,3-4H2,1-2H3,(H2,15,16). The van der Waals surface area contributed by atoms with Crippen LogP contribution < -0.4 is 5.73 Å². The summed E-state index contributed by atoms with van der Waals surface area (Å²) in [7, 11) is 0. The van der Waals surface area contributed by atoms with Crippen LogP contribution in [0.25, 0.3) is 11.0 Å². The molecule has 0 unspecified atom stereocenters. The lowest BCUT2D eigenvalue weighted by atomic mass is 10.3. The van der Waals surface area contributed by atoms with E-state index in [0.717, 1.165) is 0 Å². The third kappa shape index (κ3) is 2.57. The molecule has 0 aliphatic heterocycles. The summed E-state index contributed by atoms with van der Waals surface area (Å²) in [6.45, 7) is 4.99. The maximum absolute atomic E-state index is 13.3. The molecule has 0 saturated heterocycles. The number of hydrogen-bond donors (Lipinski definition) is 1. The first-order chi connectivity index (χ1) is 8.49. The van der Waals surface area contributed by atoms with Crippen molar-refractivity contribution in [3.63, 3.8) is 0 Å². The zero-order chi connectivity index (χ0) is 13.3.